The molecule has 5 nitrogen and oxygen atoms in total. The van der Waals surface area contributed by atoms with E-state index >= 15 is 0 Å². The molecule has 0 atom stereocenters. The average molecular weight is 272 g/mol. The highest BCUT2D eigenvalue weighted by Gasteiger charge is 2.03. The predicted octanol–water partition coefficient (Wildman–Crippen LogP) is 2.43. The van der Waals surface area contributed by atoms with Crippen molar-refractivity contribution in [1.82, 2.24) is 9.97 Å². The number of hydrogen-bond acceptors (Lipinski definition) is 6. The van der Waals surface area contributed by atoms with Crippen LogP contribution >= 0.6 is 11.3 Å². The smallest absolute Gasteiger partial charge is 0.181 e. The van der Waals surface area contributed by atoms with Gasteiger partial charge >= 0.3 is 0 Å². The molecule has 0 radical (unpaired) electrons. The summed E-state index contributed by atoms with van der Waals surface area (Å²) < 4.78 is 6.74. The van der Waals surface area contributed by atoms with Crippen molar-refractivity contribution < 1.29 is 4.74 Å². The third-order valence-electron chi connectivity index (χ3n) is 2.63. The van der Waals surface area contributed by atoms with E-state index in [2.05, 4.69) is 9.97 Å². The molecule has 0 unspecified atom stereocenters. The van der Waals surface area contributed by atoms with Crippen molar-refractivity contribution in [2.24, 2.45) is 0 Å². The van der Waals surface area contributed by atoms with Crippen molar-refractivity contribution in [2.45, 2.75) is 6.61 Å². The van der Waals surface area contributed by atoms with Gasteiger partial charge in [0.1, 0.15) is 18.2 Å². The first kappa shape index (κ1) is 11.7. The number of pyridine rings is 1. The van der Waals surface area contributed by atoms with Crippen molar-refractivity contribution in [1.29, 1.82) is 0 Å². The molecule has 0 amide bonds. The molecule has 19 heavy (non-hydrogen) atoms. The van der Waals surface area contributed by atoms with Gasteiger partial charge in [0, 0.05) is 6.20 Å². The van der Waals surface area contributed by atoms with Crippen LogP contribution in [0.1, 0.15) is 5.56 Å². The van der Waals surface area contributed by atoms with Gasteiger partial charge in [-0.25, -0.2) is 9.97 Å². The molecule has 2 aromatic heterocycles. The van der Waals surface area contributed by atoms with Crippen LogP contribution in [0.4, 0.5) is 10.9 Å². The highest BCUT2D eigenvalue weighted by atomic mass is 32.1. The molecule has 0 saturated heterocycles. The molecule has 0 fully saturated rings. The molecule has 0 spiro atoms. The third kappa shape index (κ3) is 2.58. The monoisotopic (exact) mass is 272 g/mol. The molecular weight excluding hydrogens is 260 g/mol. The lowest BCUT2D eigenvalue weighted by atomic mass is 10.3. The summed E-state index contributed by atoms with van der Waals surface area (Å²) in [6, 6.07) is 9.39. The van der Waals surface area contributed by atoms with Crippen molar-refractivity contribution in [2.75, 3.05) is 11.5 Å². The number of hydrogen-bond donors (Lipinski definition) is 2. The summed E-state index contributed by atoms with van der Waals surface area (Å²) in [5.74, 6) is 1.28. The zero-order valence-corrected chi connectivity index (χ0v) is 10.9. The largest absolute Gasteiger partial charge is 0.489 e. The SMILES string of the molecule is Nc1cc(COc2ccc3nc(N)sc3c2)ccn1. The summed E-state index contributed by atoms with van der Waals surface area (Å²) >= 11 is 1.45. The second kappa shape index (κ2) is 4.74. The second-order valence-electron chi connectivity index (χ2n) is 4.06. The number of anilines is 2. The normalized spacial score (nSPS) is 10.7. The molecule has 0 bridgehead atoms. The van der Waals surface area contributed by atoms with E-state index in [9.17, 15) is 0 Å². The van der Waals surface area contributed by atoms with Crippen LogP contribution in [-0.4, -0.2) is 9.97 Å². The summed E-state index contributed by atoms with van der Waals surface area (Å²) in [6.45, 7) is 0.451. The lowest BCUT2D eigenvalue weighted by Gasteiger charge is -2.06. The minimum absolute atomic E-state index is 0.451. The van der Waals surface area contributed by atoms with E-state index in [4.69, 9.17) is 16.2 Å². The maximum atomic E-state index is 5.72. The van der Waals surface area contributed by atoms with Gasteiger partial charge in [-0.05, 0) is 35.9 Å². The zero-order chi connectivity index (χ0) is 13.2. The van der Waals surface area contributed by atoms with E-state index in [1.54, 1.807) is 12.3 Å². The number of benzene rings is 1. The van der Waals surface area contributed by atoms with Crippen LogP contribution in [-0.2, 0) is 6.61 Å². The molecule has 6 heteroatoms. The van der Waals surface area contributed by atoms with Gasteiger partial charge in [0.25, 0.3) is 0 Å². The van der Waals surface area contributed by atoms with Crippen molar-refractivity contribution >= 4 is 32.5 Å². The van der Waals surface area contributed by atoms with Crippen LogP contribution < -0.4 is 16.2 Å². The quantitative estimate of drug-likeness (QED) is 0.764. The van der Waals surface area contributed by atoms with Gasteiger partial charge in [-0.3, -0.25) is 0 Å². The number of rotatable bonds is 3. The van der Waals surface area contributed by atoms with Gasteiger partial charge in [-0.15, -0.1) is 0 Å². The maximum absolute atomic E-state index is 5.72. The third-order valence-corrected chi connectivity index (χ3v) is 3.47. The molecular formula is C13H12N4OS. The Morgan fingerprint density at radius 1 is 1.16 bits per heavy atom. The Kier molecular flexibility index (Phi) is 2.92. The van der Waals surface area contributed by atoms with E-state index in [1.807, 2.05) is 24.3 Å². The van der Waals surface area contributed by atoms with E-state index in [-0.39, 0.29) is 0 Å². The Morgan fingerprint density at radius 3 is 2.89 bits per heavy atom. The molecule has 96 valence electrons. The second-order valence-corrected chi connectivity index (χ2v) is 5.12. The minimum Gasteiger partial charge on any atom is -0.489 e. The summed E-state index contributed by atoms with van der Waals surface area (Å²) in [6.07, 6.45) is 1.67. The molecule has 3 rings (SSSR count). The predicted molar refractivity (Wildman–Crippen MR) is 77.0 cm³/mol. The number of fused-ring (bicyclic) bond motifs is 1. The van der Waals surface area contributed by atoms with E-state index in [1.165, 1.54) is 11.3 Å². The molecule has 4 N–H and O–H groups in total. The summed E-state index contributed by atoms with van der Waals surface area (Å²) in [5.41, 5.74) is 13.2. The Labute approximate surface area is 113 Å². The lowest BCUT2D eigenvalue weighted by Crippen LogP contribution is -1.97. The molecule has 0 aliphatic heterocycles. The fraction of sp³-hybridized carbons (Fsp3) is 0.0769. The standard InChI is InChI=1S/C13H12N4OS/c14-12-5-8(3-4-16-12)7-18-9-1-2-10-11(6-9)19-13(15)17-10/h1-6H,7H2,(H2,14,16)(H2,15,17). The molecule has 2 heterocycles. The van der Waals surface area contributed by atoms with Crippen LogP contribution in [0.15, 0.2) is 36.5 Å². The van der Waals surface area contributed by atoms with Gasteiger partial charge in [0.05, 0.1) is 10.2 Å². The van der Waals surface area contributed by atoms with Gasteiger partial charge in [-0.1, -0.05) is 11.3 Å². The average Bonchev–Trinajstić information content (AvgIpc) is 2.75. The van der Waals surface area contributed by atoms with Crippen LogP contribution in [0.3, 0.4) is 0 Å². The zero-order valence-electron chi connectivity index (χ0n) is 10.0. The lowest BCUT2D eigenvalue weighted by molar-refractivity contribution is 0.306. The number of nitrogens with zero attached hydrogens (tertiary/aromatic N) is 2. The first-order valence-electron chi connectivity index (χ1n) is 5.70. The van der Waals surface area contributed by atoms with Crippen molar-refractivity contribution in [3.8, 4) is 5.75 Å². The van der Waals surface area contributed by atoms with Gasteiger partial charge in [0.2, 0.25) is 0 Å². The topological polar surface area (TPSA) is 87.0 Å². The van der Waals surface area contributed by atoms with Crippen LogP contribution in [0.25, 0.3) is 10.2 Å². The van der Waals surface area contributed by atoms with E-state index < -0.39 is 0 Å². The number of aromatic nitrogens is 2. The Hall–Kier alpha value is -2.34. The maximum Gasteiger partial charge on any atom is 0.181 e. The van der Waals surface area contributed by atoms with Crippen molar-refractivity contribution in [3.63, 3.8) is 0 Å². The first-order valence-corrected chi connectivity index (χ1v) is 6.51. The Morgan fingerprint density at radius 2 is 2.05 bits per heavy atom. The Balaban J connectivity index is 1.78. The van der Waals surface area contributed by atoms with Gasteiger partial charge in [0.15, 0.2) is 5.13 Å². The van der Waals surface area contributed by atoms with Gasteiger partial charge < -0.3 is 16.2 Å². The fourth-order valence-electron chi connectivity index (χ4n) is 1.76. The van der Waals surface area contributed by atoms with Crippen LogP contribution in [0.5, 0.6) is 5.75 Å². The van der Waals surface area contributed by atoms with E-state index in [0.717, 1.165) is 21.5 Å². The molecule has 1 aromatic carbocycles. The van der Waals surface area contributed by atoms with Crippen LogP contribution in [0, 0.1) is 0 Å². The van der Waals surface area contributed by atoms with Crippen molar-refractivity contribution in [3.05, 3.63) is 42.1 Å². The first-order chi connectivity index (χ1) is 9.20. The summed E-state index contributed by atoms with van der Waals surface area (Å²) in [7, 11) is 0. The minimum atomic E-state index is 0.451. The number of thiazole rings is 1. The van der Waals surface area contributed by atoms with Crippen LogP contribution in [0.2, 0.25) is 0 Å². The summed E-state index contributed by atoms with van der Waals surface area (Å²) in [4.78, 5) is 8.14. The Bertz CT molecular complexity index is 725. The highest BCUT2D eigenvalue weighted by molar-refractivity contribution is 7.22. The number of nitrogen functional groups attached to an aromatic ring is 2. The summed E-state index contributed by atoms with van der Waals surface area (Å²) in [5, 5.41) is 0.564. The van der Waals surface area contributed by atoms with Gasteiger partial charge in [-0.2, -0.15) is 0 Å². The molecule has 0 aliphatic rings. The number of nitrogens with two attached hydrogens (primary N) is 2. The highest BCUT2D eigenvalue weighted by Crippen LogP contribution is 2.27. The molecule has 0 saturated carbocycles. The molecule has 0 aliphatic carbocycles. The van der Waals surface area contributed by atoms with E-state index in [0.29, 0.717) is 17.6 Å². The molecule has 3 aromatic rings. The fourth-order valence-corrected chi connectivity index (χ4v) is 2.53. The number of ether oxygens (including phenoxy) is 1.